The number of nitrogens with zero attached hydrogens (tertiary/aromatic N) is 2. The Labute approximate surface area is 80.5 Å². The monoisotopic (exact) mass is 188 g/mol. The number of pyridine rings is 1. The predicted octanol–water partition coefficient (Wildman–Crippen LogP) is 0.840. The van der Waals surface area contributed by atoms with E-state index >= 15 is 0 Å². The van der Waals surface area contributed by atoms with E-state index < -0.39 is 0 Å². The number of carbonyl (C=O) groups is 2. The summed E-state index contributed by atoms with van der Waals surface area (Å²) in [4.78, 5) is 28.7. The third-order valence-corrected chi connectivity index (χ3v) is 2.63. The van der Waals surface area contributed by atoms with Gasteiger partial charge in [-0.3, -0.25) is 19.5 Å². The van der Waals surface area contributed by atoms with Crippen LogP contribution in [-0.4, -0.2) is 27.7 Å². The summed E-state index contributed by atoms with van der Waals surface area (Å²) in [5.74, 6) is -0.337. The summed E-state index contributed by atoms with van der Waals surface area (Å²) >= 11 is 0. The SMILES string of the molecule is O=C1c2ccncc2C(=O)N1C1CC1. The second kappa shape index (κ2) is 2.41. The molecule has 2 amide bonds. The average Bonchev–Trinajstić information content (AvgIpc) is 2.99. The summed E-state index contributed by atoms with van der Waals surface area (Å²) in [5, 5.41) is 0. The van der Waals surface area contributed by atoms with Crippen molar-refractivity contribution in [2.75, 3.05) is 0 Å². The Kier molecular flexibility index (Phi) is 1.32. The molecule has 1 aliphatic heterocycles. The van der Waals surface area contributed by atoms with Gasteiger partial charge in [0.1, 0.15) is 0 Å². The van der Waals surface area contributed by atoms with Crippen molar-refractivity contribution in [3.05, 3.63) is 29.6 Å². The number of hydrogen-bond acceptors (Lipinski definition) is 3. The first-order chi connectivity index (χ1) is 6.79. The lowest BCUT2D eigenvalue weighted by atomic mass is 10.2. The first kappa shape index (κ1) is 7.67. The van der Waals surface area contributed by atoms with Crippen molar-refractivity contribution in [1.29, 1.82) is 0 Å². The summed E-state index contributed by atoms with van der Waals surface area (Å²) < 4.78 is 0. The normalized spacial score (nSPS) is 20.1. The zero-order valence-electron chi connectivity index (χ0n) is 7.43. The molecule has 3 rings (SSSR count). The minimum absolute atomic E-state index is 0.141. The lowest BCUT2D eigenvalue weighted by Crippen LogP contribution is -2.31. The standard InChI is InChI=1S/C10H8N2O2/c13-9-7-3-4-11-5-8(7)10(14)12(9)6-1-2-6/h3-6H,1-2H2. The molecular formula is C10H8N2O2. The van der Waals surface area contributed by atoms with Gasteiger partial charge in [0.2, 0.25) is 0 Å². The molecule has 0 saturated heterocycles. The van der Waals surface area contributed by atoms with Gasteiger partial charge in [0.25, 0.3) is 11.8 Å². The van der Waals surface area contributed by atoms with Gasteiger partial charge < -0.3 is 0 Å². The predicted molar refractivity (Wildman–Crippen MR) is 47.8 cm³/mol. The Morgan fingerprint density at radius 3 is 2.57 bits per heavy atom. The number of carbonyl (C=O) groups excluding carboxylic acids is 2. The first-order valence-corrected chi connectivity index (χ1v) is 4.61. The largest absolute Gasteiger partial charge is 0.271 e. The highest BCUT2D eigenvalue weighted by molar-refractivity contribution is 6.21. The maximum Gasteiger partial charge on any atom is 0.263 e. The summed E-state index contributed by atoms with van der Waals surface area (Å²) in [6.07, 6.45) is 4.90. The van der Waals surface area contributed by atoms with E-state index in [1.165, 1.54) is 11.1 Å². The summed E-state index contributed by atoms with van der Waals surface area (Å²) in [5.41, 5.74) is 0.946. The number of amides is 2. The van der Waals surface area contributed by atoms with Gasteiger partial charge in [-0.25, -0.2) is 0 Å². The first-order valence-electron chi connectivity index (χ1n) is 4.61. The van der Waals surface area contributed by atoms with Crippen molar-refractivity contribution < 1.29 is 9.59 Å². The smallest absolute Gasteiger partial charge is 0.263 e. The molecule has 4 heteroatoms. The molecule has 0 bridgehead atoms. The maximum atomic E-state index is 11.8. The highest BCUT2D eigenvalue weighted by Gasteiger charge is 2.44. The molecule has 0 spiro atoms. The molecule has 0 unspecified atom stereocenters. The molecule has 2 heterocycles. The molecule has 0 aromatic carbocycles. The molecule has 1 saturated carbocycles. The lowest BCUT2D eigenvalue weighted by Gasteiger charge is -2.10. The van der Waals surface area contributed by atoms with Crippen LogP contribution in [0.1, 0.15) is 33.6 Å². The van der Waals surface area contributed by atoms with Gasteiger partial charge in [-0.15, -0.1) is 0 Å². The van der Waals surface area contributed by atoms with E-state index in [4.69, 9.17) is 0 Å². The Hall–Kier alpha value is -1.71. The van der Waals surface area contributed by atoms with Crippen molar-refractivity contribution in [3.63, 3.8) is 0 Å². The van der Waals surface area contributed by atoms with Gasteiger partial charge in [-0.05, 0) is 18.9 Å². The average molecular weight is 188 g/mol. The fourth-order valence-electron chi connectivity index (χ4n) is 1.77. The zero-order valence-corrected chi connectivity index (χ0v) is 7.43. The van der Waals surface area contributed by atoms with Crippen LogP contribution >= 0.6 is 0 Å². The van der Waals surface area contributed by atoms with Crippen LogP contribution in [0, 0.1) is 0 Å². The van der Waals surface area contributed by atoms with E-state index in [-0.39, 0.29) is 17.9 Å². The Bertz CT molecular complexity index is 403. The van der Waals surface area contributed by atoms with Crippen LogP contribution in [0.5, 0.6) is 0 Å². The van der Waals surface area contributed by atoms with Crippen molar-refractivity contribution >= 4 is 11.8 Å². The van der Waals surface area contributed by atoms with E-state index in [1.807, 2.05) is 0 Å². The summed E-state index contributed by atoms with van der Waals surface area (Å²) in [6.45, 7) is 0. The molecule has 0 radical (unpaired) electrons. The van der Waals surface area contributed by atoms with Gasteiger partial charge in [0.15, 0.2) is 0 Å². The van der Waals surface area contributed by atoms with E-state index in [0.717, 1.165) is 12.8 Å². The number of rotatable bonds is 1. The van der Waals surface area contributed by atoms with Crippen LogP contribution in [0.25, 0.3) is 0 Å². The molecular weight excluding hydrogens is 180 g/mol. The summed E-state index contributed by atoms with van der Waals surface area (Å²) in [7, 11) is 0. The van der Waals surface area contributed by atoms with E-state index in [9.17, 15) is 9.59 Å². The molecule has 1 aliphatic carbocycles. The maximum absolute atomic E-state index is 11.8. The van der Waals surface area contributed by atoms with Gasteiger partial charge in [0, 0.05) is 18.4 Å². The van der Waals surface area contributed by atoms with Crippen LogP contribution in [0.3, 0.4) is 0 Å². The minimum atomic E-state index is -0.180. The fraction of sp³-hybridized carbons (Fsp3) is 0.300. The highest BCUT2D eigenvalue weighted by atomic mass is 16.2. The van der Waals surface area contributed by atoms with Crippen LogP contribution in [0.15, 0.2) is 18.5 Å². The van der Waals surface area contributed by atoms with Gasteiger partial charge >= 0.3 is 0 Å². The molecule has 1 fully saturated rings. The van der Waals surface area contributed by atoms with E-state index in [2.05, 4.69) is 4.98 Å². The van der Waals surface area contributed by atoms with Crippen LogP contribution in [0.2, 0.25) is 0 Å². The Balaban J connectivity index is 2.12. The quantitative estimate of drug-likeness (QED) is 0.613. The molecule has 1 aromatic rings. The topological polar surface area (TPSA) is 50.3 Å². The van der Waals surface area contributed by atoms with Crippen LogP contribution < -0.4 is 0 Å². The minimum Gasteiger partial charge on any atom is -0.271 e. The van der Waals surface area contributed by atoms with Crippen molar-refractivity contribution in [1.82, 2.24) is 9.88 Å². The summed E-state index contributed by atoms with van der Waals surface area (Å²) in [6, 6.07) is 1.75. The number of imide groups is 1. The number of hydrogen-bond donors (Lipinski definition) is 0. The molecule has 70 valence electrons. The Morgan fingerprint density at radius 2 is 1.93 bits per heavy atom. The second-order valence-electron chi connectivity index (χ2n) is 3.63. The molecule has 0 atom stereocenters. The van der Waals surface area contributed by atoms with E-state index in [1.54, 1.807) is 12.3 Å². The van der Waals surface area contributed by atoms with Crippen molar-refractivity contribution in [2.45, 2.75) is 18.9 Å². The van der Waals surface area contributed by atoms with Gasteiger partial charge in [-0.1, -0.05) is 0 Å². The van der Waals surface area contributed by atoms with E-state index in [0.29, 0.717) is 11.1 Å². The number of aromatic nitrogens is 1. The molecule has 1 aromatic heterocycles. The Morgan fingerprint density at radius 1 is 1.21 bits per heavy atom. The van der Waals surface area contributed by atoms with Crippen LogP contribution in [0.4, 0.5) is 0 Å². The molecule has 4 nitrogen and oxygen atoms in total. The third kappa shape index (κ3) is 0.852. The van der Waals surface area contributed by atoms with Crippen LogP contribution in [-0.2, 0) is 0 Å². The number of fused-ring (bicyclic) bond motifs is 1. The van der Waals surface area contributed by atoms with Crippen molar-refractivity contribution in [2.24, 2.45) is 0 Å². The second-order valence-corrected chi connectivity index (χ2v) is 3.63. The third-order valence-electron chi connectivity index (χ3n) is 2.63. The molecule has 2 aliphatic rings. The lowest BCUT2D eigenvalue weighted by molar-refractivity contribution is 0.0642. The van der Waals surface area contributed by atoms with Crippen molar-refractivity contribution in [3.8, 4) is 0 Å². The zero-order chi connectivity index (χ0) is 9.71. The van der Waals surface area contributed by atoms with Gasteiger partial charge in [-0.2, -0.15) is 0 Å². The molecule has 0 N–H and O–H groups in total. The molecule has 14 heavy (non-hydrogen) atoms. The van der Waals surface area contributed by atoms with Gasteiger partial charge in [0.05, 0.1) is 11.1 Å². The fourth-order valence-corrected chi connectivity index (χ4v) is 1.77. The highest BCUT2D eigenvalue weighted by Crippen LogP contribution is 2.33.